The molecular formula is C24H44NO6+. The summed E-state index contributed by atoms with van der Waals surface area (Å²) >= 11 is 0. The first-order valence-electron chi connectivity index (χ1n) is 11.8. The highest BCUT2D eigenvalue weighted by atomic mass is 16.4. The lowest BCUT2D eigenvalue weighted by molar-refractivity contribution is -0.968. The number of rotatable bonds is 19. The van der Waals surface area contributed by atoms with Gasteiger partial charge in [-0.1, -0.05) is 57.6 Å². The molecule has 0 aliphatic heterocycles. The van der Waals surface area contributed by atoms with Gasteiger partial charge in [-0.25, -0.2) is 14.4 Å². The minimum absolute atomic E-state index is 0.221. The third-order valence-electron chi connectivity index (χ3n) is 6.52. The second kappa shape index (κ2) is 15.8. The number of hydrogen-bond acceptors (Lipinski definition) is 3. The van der Waals surface area contributed by atoms with Crippen LogP contribution in [0, 0.1) is 0 Å². The normalized spacial score (nSPS) is 16.5. The molecule has 0 rings (SSSR count). The van der Waals surface area contributed by atoms with Gasteiger partial charge in [-0.2, -0.15) is 0 Å². The fourth-order valence-corrected chi connectivity index (χ4v) is 4.31. The minimum Gasteiger partial charge on any atom is -0.477 e. The Kier molecular flexibility index (Phi) is 14.9. The van der Waals surface area contributed by atoms with Gasteiger partial charge in [0.05, 0.1) is 6.54 Å². The van der Waals surface area contributed by atoms with Gasteiger partial charge < -0.3 is 15.3 Å². The van der Waals surface area contributed by atoms with E-state index in [0.717, 1.165) is 38.5 Å². The van der Waals surface area contributed by atoms with E-state index in [4.69, 9.17) is 0 Å². The van der Waals surface area contributed by atoms with Crippen molar-refractivity contribution >= 4 is 17.9 Å². The summed E-state index contributed by atoms with van der Waals surface area (Å²) in [5.74, 6) is -3.53. The molecule has 0 heterocycles. The number of allylic oxidation sites excluding steroid dienone is 2. The van der Waals surface area contributed by atoms with E-state index in [2.05, 4.69) is 19.1 Å². The summed E-state index contributed by atoms with van der Waals surface area (Å²) in [5, 5.41) is 28.7. The first-order valence-corrected chi connectivity index (χ1v) is 11.8. The number of quaternary nitrogens is 1. The zero-order valence-corrected chi connectivity index (χ0v) is 19.9. The molecule has 0 saturated carbocycles. The van der Waals surface area contributed by atoms with Gasteiger partial charge in [-0.3, -0.25) is 4.48 Å². The molecule has 0 fully saturated rings. The molecule has 3 atom stereocenters. The molecule has 0 aromatic carbocycles. The van der Waals surface area contributed by atoms with E-state index < -0.39 is 40.5 Å². The molecular weight excluding hydrogens is 398 g/mol. The molecule has 3 N–H and O–H groups in total. The number of aliphatic carboxylic acids is 3. The number of carboxylic acids is 3. The summed E-state index contributed by atoms with van der Waals surface area (Å²) in [7, 11) is 0. The molecule has 0 aliphatic rings. The predicted octanol–water partition coefficient (Wildman–Crippen LogP) is 5.09. The molecule has 0 aromatic rings. The lowest BCUT2D eigenvalue weighted by Gasteiger charge is -2.47. The van der Waals surface area contributed by atoms with Gasteiger partial charge in [0.15, 0.2) is 18.1 Å². The van der Waals surface area contributed by atoms with Crippen LogP contribution in [0.3, 0.4) is 0 Å². The first-order chi connectivity index (χ1) is 14.6. The van der Waals surface area contributed by atoms with Crippen molar-refractivity contribution in [2.45, 2.75) is 116 Å². The minimum atomic E-state index is -1.18. The van der Waals surface area contributed by atoms with Crippen LogP contribution in [0.5, 0.6) is 0 Å². The Balaban J connectivity index is 4.60. The predicted molar refractivity (Wildman–Crippen MR) is 122 cm³/mol. The number of carboxylic acid groups (broad SMARTS) is 3. The van der Waals surface area contributed by atoms with Crippen molar-refractivity contribution in [2.24, 2.45) is 0 Å². The van der Waals surface area contributed by atoms with Gasteiger partial charge >= 0.3 is 17.9 Å². The van der Waals surface area contributed by atoms with Crippen molar-refractivity contribution in [1.29, 1.82) is 0 Å². The summed E-state index contributed by atoms with van der Waals surface area (Å²) < 4.78 is -0.481. The van der Waals surface area contributed by atoms with Crippen molar-refractivity contribution < 1.29 is 34.2 Å². The second-order valence-electron chi connectivity index (χ2n) is 8.64. The Bertz CT molecular complexity index is 524. The van der Waals surface area contributed by atoms with E-state index >= 15 is 0 Å². The zero-order chi connectivity index (χ0) is 23.9. The van der Waals surface area contributed by atoms with Crippen LogP contribution in [-0.2, 0) is 14.4 Å². The number of hydrogen-bond donors (Lipinski definition) is 3. The van der Waals surface area contributed by atoms with Gasteiger partial charge in [-0.15, -0.1) is 0 Å². The third kappa shape index (κ3) is 9.85. The largest absolute Gasteiger partial charge is 0.477 e. The fourth-order valence-electron chi connectivity index (χ4n) is 4.31. The lowest BCUT2D eigenvalue weighted by atomic mass is 10.00. The number of unbranched alkanes of at least 4 members (excludes halogenated alkanes) is 9. The van der Waals surface area contributed by atoms with Crippen LogP contribution in [0.25, 0.3) is 0 Å². The Morgan fingerprint density at radius 3 is 1.39 bits per heavy atom. The smallest absolute Gasteiger partial charge is 0.362 e. The molecule has 0 aromatic heterocycles. The molecule has 0 aliphatic carbocycles. The molecule has 0 spiro atoms. The second-order valence-corrected chi connectivity index (χ2v) is 8.64. The summed E-state index contributed by atoms with van der Waals surface area (Å²) in [5.41, 5.74) is 0. The maximum Gasteiger partial charge on any atom is 0.362 e. The topological polar surface area (TPSA) is 112 Å². The quantitative estimate of drug-likeness (QED) is 0.146. The van der Waals surface area contributed by atoms with Crippen molar-refractivity contribution in [1.82, 2.24) is 0 Å². The third-order valence-corrected chi connectivity index (χ3v) is 6.52. The zero-order valence-electron chi connectivity index (χ0n) is 19.9. The number of carbonyl (C=O) groups is 3. The highest BCUT2D eigenvalue weighted by Gasteiger charge is 2.52. The SMILES string of the molecule is CCC/C=C/CCCCCCCCCC[N+](C(C)C(=O)O)(C(C)C(=O)O)C(C)C(=O)O. The molecule has 0 saturated heterocycles. The molecule has 0 radical (unpaired) electrons. The van der Waals surface area contributed by atoms with E-state index in [0.29, 0.717) is 6.42 Å². The van der Waals surface area contributed by atoms with Crippen molar-refractivity contribution in [3.05, 3.63) is 12.2 Å². The maximum absolute atomic E-state index is 11.7. The molecule has 7 nitrogen and oxygen atoms in total. The number of nitrogens with zero attached hydrogens (tertiary/aromatic N) is 1. The molecule has 3 unspecified atom stereocenters. The Morgan fingerprint density at radius 2 is 1.00 bits per heavy atom. The van der Waals surface area contributed by atoms with Crippen LogP contribution in [-0.4, -0.2) is 62.4 Å². The van der Waals surface area contributed by atoms with Crippen LogP contribution in [0.2, 0.25) is 0 Å². The van der Waals surface area contributed by atoms with Gasteiger partial charge in [0.1, 0.15) is 0 Å². The molecule has 0 bridgehead atoms. The van der Waals surface area contributed by atoms with Crippen molar-refractivity contribution in [3.63, 3.8) is 0 Å². The Labute approximate surface area is 187 Å². The van der Waals surface area contributed by atoms with E-state index in [1.165, 1.54) is 46.5 Å². The van der Waals surface area contributed by atoms with Gasteiger partial charge in [0, 0.05) is 0 Å². The Hall–Kier alpha value is -1.89. The monoisotopic (exact) mass is 442 g/mol. The standard InChI is InChI=1S/C24H43NO6/c1-5-6-7-8-9-10-11-12-13-14-15-16-17-18-25(19(2)22(26)27,20(3)23(28)29)21(4)24(30)31/h7-8,19-21H,5-6,9-18H2,1-4H3,(H2-,26,27,28,29,30,31)/p+1/b8-7+. The van der Waals surface area contributed by atoms with Crippen LogP contribution in [0.15, 0.2) is 12.2 Å². The van der Waals surface area contributed by atoms with Gasteiger partial charge in [0.2, 0.25) is 0 Å². The molecule has 31 heavy (non-hydrogen) atoms. The summed E-state index contributed by atoms with van der Waals surface area (Å²) in [6.45, 7) is 6.64. The van der Waals surface area contributed by atoms with E-state index in [-0.39, 0.29) is 6.54 Å². The highest BCUT2D eigenvalue weighted by molar-refractivity contribution is 5.77. The van der Waals surface area contributed by atoms with Gasteiger partial charge in [-0.05, 0) is 52.9 Å². The van der Waals surface area contributed by atoms with Crippen LogP contribution in [0.4, 0.5) is 0 Å². The fraction of sp³-hybridized carbons (Fsp3) is 0.792. The van der Waals surface area contributed by atoms with E-state index in [1.54, 1.807) is 0 Å². The maximum atomic E-state index is 11.7. The van der Waals surface area contributed by atoms with E-state index in [9.17, 15) is 29.7 Å². The van der Waals surface area contributed by atoms with E-state index in [1.807, 2.05) is 0 Å². The van der Waals surface area contributed by atoms with Gasteiger partial charge in [0.25, 0.3) is 0 Å². The first kappa shape index (κ1) is 29.1. The van der Waals surface area contributed by atoms with Crippen LogP contribution >= 0.6 is 0 Å². The highest BCUT2D eigenvalue weighted by Crippen LogP contribution is 2.27. The summed E-state index contributed by atoms with van der Waals surface area (Å²) in [6, 6.07) is -3.37. The summed E-state index contributed by atoms with van der Waals surface area (Å²) in [6.07, 6.45) is 16.3. The summed E-state index contributed by atoms with van der Waals surface area (Å²) in [4.78, 5) is 35.2. The Morgan fingerprint density at radius 1 is 0.645 bits per heavy atom. The van der Waals surface area contributed by atoms with Crippen LogP contribution in [0.1, 0.15) is 98.3 Å². The average molecular weight is 443 g/mol. The molecule has 7 heteroatoms. The lowest BCUT2D eigenvalue weighted by Crippen LogP contribution is -2.70. The van der Waals surface area contributed by atoms with Crippen molar-refractivity contribution in [2.75, 3.05) is 6.54 Å². The van der Waals surface area contributed by atoms with Crippen molar-refractivity contribution in [3.8, 4) is 0 Å². The molecule has 0 amide bonds. The van der Waals surface area contributed by atoms with Crippen LogP contribution < -0.4 is 0 Å². The average Bonchev–Trinajstić information content (AvgIpc) is 2.72. The molecule has 180 valence electrons.